The molecule has 7 heteroatoms. The molecule has 0 aliphatic carbocycles. The fourth-order valence-electron chi connectivity index (χ4n) is 1.17. The van der Waals surface area contributed by atoms with Crippen LogP contribution in [0, 0.1) is 0 Å². The van der Waals surface area contributed by atoms with E-state index in [0.717, 1.165) is 0 Å². The molecule has 1 heterocycles. The zero-order chi connectivity index (χ0) is 10.2. The van der Waals surface area contributed by atoms with Crippen molar-refractivity contribution >= 4 is 0 Å². The maximum atomic E-state index is 9.36. The van der Waals surface area contributed by atoms with E-state index in [-0.39, 0.29) is 0 Å². The Balaban J connectivity index is 2.82. The first-order valence-corrected chi connectivity index (χ1v) is 3.73. The number of aliphatic hydroxyl groups is 5. The van der Waals surface area contributed by atoms with Gasteiger partial charge < -0.3 is 30.3 Å². The maximum absolute atomic E-state index is 9.36. The predicted molar refractivity (Wildman–Crippen MR) is 39.1 cm³/mol. The third-order valence-corrected chi connectivity index (χ3v) is 2.07. The summed E-state index contributed by atoms with van der Waals surface area (Å²) in [5.74, 6) is 0. The minimum absolute atomic E-state index is 0.673. The van der Waals surface area contributed by atoms with Gasteiger partial charge in [-0.25, -0.2) is 0 Å². The summed E-state index contributed by atoms with van der Waals surface area (Å²) in [6.07, 6.45) is -6.47. The quantitative estimate of drug-likeness (QED) is 0.235. The van der Waals surface area contributed by atoms with E-state index in [1.165, 1.54) is 0 Å². The Morgan fingerprint density at radius 1 is 1.31 bits per heavy atom. The third-order valence-electron chi connectivity index (χ3n) is 2.07. The highest BCUT2D eigenvalue weighted by Gasteiger charge is 2.51. The lowest BCUT2D eigenvalue weighted by atomic mass is 9.93. The predicted octanol–water partition coefficient (Wildman–Crippen LogP) is -3.93. The summed E-state index contributed by atoms with van der Waals surface area (Å²) in [5, 5.41) is 45.3. The van der Waals surface area contributed by atoms with Crippen molar-refractivity contribution in [2.24, 2.45) is 5.73 Å². The molecule has 7 nitrogen and oxygen atoms in total. The highest BCUT2D eigenvalue weighted by molar-refractivity contribution is 4.97. The van der Waals surface area contributed by atoms with Gasteiger partial charge in [-0.1, -0.05) is 0 Å². The summed E-state index contributed by atoms with van der Waals surface area (Å²) in [5.41, 5.74) is 2.91. The molecule has 1 saturated heterocycles. The average Bonchev–Trinajstić information content (AvgIpc) is 2.08. The number of rotatable bonds is 1. The maximum Gasteiger partial charge on any atom is 0.184 e. The molecule has 1 aliphatic heterocycles. The van der Waals surface area contributed by atoms with E-state index in [1.54, 1.807) is 0 Å². The van der Waals surface area contributed by atoms with E-state index in [0.29, 0.717) is 0 Å². The molecule has 0 amide bonds. The molecule has 1 aliphatic rings. The molecule has 0 aromatic carbocycles. The largest absolute Gasteiger partial charge is 0.393 e. The number of hydrogen-bond acceptors (Lipinski definition) is 7. The second-order valence-corrected chi connectivity index (χ2v) is 3.02. The highest BCUT2D eigenvalue weighted by Crippen LogP contribution is 2.24. The van der Waals surface area contributed by atoms with Crippen LogP contribution in [-0.2, 0) is 4.74 Å². The van der Waals surface area contributed by atoms with E-state index in [1.807, 2.05) is 0 Å². The topological polar surface area (TPSA) is 136 Å². The zero-order valence-electron chi connectivity index (χ0n) is 6.74. The molecule has 0 spiro atoms. The van der Waals surface area contributed by atoms with E-state index in [2.05, 4.69) is 4.74 Å². The average molecular weight is 195 g/mol. The first kappa shape index (κ1) is 10.8. The van der Waals surface area contributed by atoms with Gasteiger partial charge in [-0.3, -0.25) is 5.73 Å². The lowest BCUT2D eigenvalue weighted by molar-refractivity contribution is -0.319. The first-order valence-electron chi connectivity index (χ1n) is 3.73. The van der Waals surface area contributed by atoms with Crippen LogP contribution in [-0.4, -0.2) is 62.5 Å². The monoisotopic (exact) mass is 195 g/mol. The molecular weight excluding hydrogens is 182 g/mol. The minimum Gasteiger partial charge on any atom is -0.393 e. The molecular formula is C6H13NO6. The van der Waals surface area contributed by atoms with Crippen molar-refractivity contribution < 1.29 is 30.3 Å². The van der Waals surface area contributed by atoms with Crippen LogP contribution < -0.4 is 5.73 Å². The van der Waals surface area contributed by atoms with Crippen molar-refractivity contribution in [2.75, 3.05) is 6.61 Å². The van der Waals surface area contributed by atoms with Gasteiger partial charge in [0.1, 0.15) is 18.3 Å². The summed E-state index contributed by atoms with van der Waals surface area (Å²) in [6, 6.07) is 0. The Kier molecular flexibility index (Phi) is 2.88. The Hall–Kier alpha value is -0.280. The molecule has 1 fully saturated rings. The lowest BCUT2D eigenvalue weighted by Gasteiger charge is -2.44. The van der Waals surface area contributed by atoms with Crippen molar-refractivity contribution in [2.45, 2.75) is 30.3 Å². The van der Waals surface area contributed by atoms with Gasteiger partial charge >= 0.3 is 0 Å². The summed E-state index contributed by atoms with van der Waals surface area (Å²) < 4.78 is 4.55. The molecule has 0 radical (unpaired) electrons. The smallest absolute Gasteiger partial charge is 0.184 e. The molecule has 0 saturated carbocycles. The van der Waals surface area contributed by atoms with Gasteiger partial charge in [-0.05, 0) is 0 Å². The van der Waals surface area contributed by atoms with Crippen LogP contribution in [0.5, 0.6) is 0 Å². The SMILES string of the molecule is N[C@@]1(O)[C@H](O)[C@@H](O)C(O)O[C@@H]1CO. The summed E-state index contributed by atoms with van der Waals surface area (Å²) in [7, 11) is 0. The number of aliphatic hydroxyl groups excluding tert-OH is 4. The minimum atomic E-state index is -2.27. The van der Waals surface area contributed by atoms with Crippen LogP contribution in [0.1, 0.15) is 0 Å². The zero-order valence-corrected chi connectivity index (χ0v) is 6.74. The fourth-order valence-corrected chi connectivity index (χ4v) is 1.17. The summed E-state index contributed by atoms with van der Waals surface area (Å²) in [6.45, 7) is -0.673. The van der Waals surface area contributed by atoms with Crippen LogP contribution in [0.2, 0.25) is 0 Å². The molecule has 7 N–H and O–H groups in total. The van der Waals surface area contributed by atoms with Crippen LogP contribution in [0.3, 0.4) is 0 Å². The normalized spacial score (nSPS) is 52.2. The molecule has 0 aromatic rings. The molecule has 78 valence electrons. The summed E-state index contributed by atoms with van der Waals surface area (Å²) in [4.78, 5) is 0. The van der Waals surface area contributed by atoms with Gasteiger partial charge in [0, 0.05) is 0 Å². The van der Waals surface area contributed by atoms with Crippen molar-refractivity contribution in [1.29, 1.82) is 0 Å². The molecule has 0 aromatic heterocycles. The number of nitrogens with two attached hydrogens (primary N) is 1. The molecule has 0 bridgehead atoms. The third kappa shape index (κ3) is 1.67. The van der Waals surface area contributed by atoms with E-state index < -0.39 is 36.9 Å². The van der Waals surface area contributed by atoms with Gasteiger partial charge in [0.25, 0.3) is 0 Å². The second-order valence-electron chi connectivity index (χ2n) is 3.02. The molecule has 13 heavy (non-hydrogen) atoms. The van der Waals surface area contributed by atoms with Crippen molar-refractivity contribution in [1.82, 2.24) is 0 Å². The van der Waals surface area contributed by atoms with Gasteiger partial charge in [0.15, 0.2) is 12.0 Å². The Labute approximate surface area is 74.0 Å². The van der Waals surface area contributed by atoms with Crippen molar-refractivity contribution in [3.8, 4) is 0 Å². The standard InChI is InChI=1S/C6H13NO6/c7-6(12)2(1-8)13-5(11)3(9)4(6)10/h2-5,8-12H,1,7H2/t2-,3-,4-,5?,6+/m1/s1. The number of hydrogen-bond donors (Lipinski definition) is 6. The van der Waals surface area contributed by atoms with Crippen LogP contribution in [0.15, 0.2) is 0 Å². The fraction of sp³-hybridized carbons (Fsp3) is 1.00. The second kappa shape index (κ2) is 3.46. The van der Waals surface area contributed by atoms with E-state index in [4.69, 9.17) is 21.1 Å². The molecule has 1 unspecified atom stereocenters. The molecule has 1 rings (SSSR count). The van der Waals surface area contributed by atoms with Gasteiger partial charge in [-0.15, -0.1) is 0 Å². The van der Waals surface area contributed by atoms with Crippen LogP contribution in [0.25, 0.3) is 0 Å². The van der Waals surface area contributed by atoms with Crippen molar-refractivity contribution in [3.05, 3.63) is 0 Å². The number of ether oxygens (including phenoxy) is 1. The van der Waals surface area contributed by atoms with Gasteiger partial charge in [-0.2, -0.15) is 0 Å². The van der Waals surface area contributed by atoms with Crippen LogP contribution >= 0.6 is 0 Å². The summed E-state index contributed by atoms with van der Waals surface area (Å²) >= 11 is 0. The highest BCUT2D eigenvalue weighted by atomic mass is 16.6. The van der Waals surface area contributed by atoms with E-state index >= 15 is 0 Å². The van der Waals surface area contributed by atoms with Gasteiger partial charge in [0.2, 0.25) is 0 Å². The molecule has 5 atom stereocenters. The van der Waals surface area contributed by atoms with E-state index in [9.17, 15) is 10.2 Å². The Morgan fingerprint density at radius 3 is 2.31 bits per heavy atom. The van der Waals surface area contributed by atoms with Crippen molar-refractivity contribution in [3.63, 3.8) is 0 Å². The Bertz CT molecular complexity index is 182. The van der Waals surface area contributed by atoms with Gasteiger partial charge in [0.05, 0.1) is 6.61 Å². The Morgan fingerprint density at radius 2 is 1.85 bits per heavy atom. The first-order chi connectivity index (χ1) is 5.91. The van der Waals surface area contributed by atoms with Crippen LogP contribution in [0.4, 0.5) is 0 Å². The lowest BCUT2D eigenvalue weighted by Crippen LogP contribution is -2.71.